The van der Waals surface area contributed by atoms with Gasteiger partial charge in [0, 0.05) is 0 Å². The van der Waals surface area contributed by atoms with Gasteiger partial charge in [-0.15, -0.1) is 0 Å². The highest BCUT2D eigenvalue weighted by atomic mass is 16.4. The van der Waals surface area contributed by atoms with Gasteiger partial charge in [0.1, 0.15) is 0 Å². The van der Waals surface area contributed by atoms with Gasteiger partial charge in [-0.2, -0.15) is 0 Å². The van der Waals surface area contributed by atoms with Crippen LogP contribution in [0.5, 0.6) is 0 Å². The summed E-state index contributed by atoms with van der Waals surface area (Å²) in [4.78, 5) is 13.8. The molecule has 1 aromatic heterocycles. The number of rotatable bonds is 2. The minimum atomic E-state index is -0.415. The topological polar surface area (TPSA) is 46.0 Å². The monoisotopic (exact) mass is 253 g/mol. The highest BCUT2D eigenvalue weighted by molar-refractivity contribution is 5.79. The third-order valence-electron chi connectivity index (χ3n) is 3.33. The van der Waals surface area contributed by atoms with Crippen LogP contribution in [-0.2, 0) is 0 Å². The van der Waals surface area contributed by atoms with E-state index < -0.39 is 5.76 Å². The predicted molar refractivity (Wildman–Crippen MR) is 76.4 cm³/mol. The summed E-state index contributed by atoms with van der Waals surface area (Å²) in [6.07, 6.45) is 0. The van der Waals surface area contributed by atoms with Crippen LogP contribution >= 0.6 is 0 Å². The highest BCUT2D eigenvalue weighted by Crippen LogP contribution is 2.25. The number of hydrogen-bond acceptors (Lipinski definition) is 2. The van der Waals surface area contributed by atoms with Gasteiger partial charge in [-0.05, 0) is 34.7 Å². The number of oxazole rings is 1. The first-order chi connectivity index (χ1) is 9.13. The maximum Gasteiger partial charge on any atom is 0.417 e. The van der Waals surface area contributed by atoms with Gasteiger partial charge < -0.3 is 4.42 Å². The van der Waals surface area contributed by atoms with E-state index in [1.807, 2.05) is 18.2 Å². The summed E-state index contributed by atoms with van der Waals surface area (Å²) >= 11 is 0. The lowest BCUT2D eigenvalue weighted by Gasteiger charge is -2.07. The van der Waals surface area contributed by atoms with Gasteiger partial charge in [0.05, 0.1) is 5.52 Å². The third kappa shape index (κ3) is 2.19. The molecule has 1 N–H and O–H groups in total. The molecule has 0 aliphatic heterocycles. The maximum atomic E-state index is 11.1. The second-order valence-corrected chi connectivity index (χ2v) is 5.00. The number of H-pyrrole nitrogens is 1. The summed E-state index contributed by atoms with van der Waals surface area (Å²) < 4.78 is 5.08. The molecule has 3 aromatic rings. The minimum Gasteiger partial charge on any atom is -0.408 e. The Balaban J connectivity index is 2.05. The Labute approximate surface area is 110 Å². The Bertz CT molecular complexity index is 763. The Morgan fingerprint density at radius 1 is 1.00 bits per heavy atom. The predicted octanol–water partition coefficient (Wildman–Crippen LogP) is 3.91. The van der Waals surface area contributed by atoms with Crippen molar-refractivity contribution in [2.45, 2.75) is 19.8 Å². The fraction of sp³-hybridized carbons (Fsp3) is 0.188. The smallest absolute Gasteiger partial charge is 0.408 e. The Hall–Kier alpha value is -2.29. The van der Waals surface area contributed by atoms with E-state index in [-0.39, 0.29) is 0 Å². The molecule has 0 aliphatic carbocycles. The molecule has 3 rings (SSSR count). The van der Waals surface area contributed by atoms with Gasteiger partial charge in [0.25, 0.3) is 0 Å². The SMILES string of the molecule is CC(C)c1ccc(-c2ccc3[nH]c(=O)oc3c2)cc1. The van der Waals surface area contributed by atoms with Crippen LogP contribution in [0, 0.1) is 0 Å². The number of fused-ring (bicyclic) bond motifs is 1. The van der Waals surface area contributed by atoms with Crippen LogP contribution in [0.1, 0.15) is 25.3 Å². The van der Waals surface area contributed by atoms with Crippen LogP contribution < -0.4 is 5.76 Å². The number of aromatic amines is 1. The van der Waals surface area contributed by atoms with E-state index in [1.165, 1.54) is 5.56 Å². The van der Waals surface area contributed by atoms with E-state index in [0.29, 0.717) is 11.5 Å². The molecule has 1 heterocycles. The quantitative estimate of drug-likeness (QED) is 0.752. The molecule has 0 fully saturated rings. The molecule has 3 nitrogen and oxygen atoms in total. The van der Waals surface area contributed by atoms with E-state index in [9.17, 15) is 4.79 Å². The number of aromatic nitrogens is 1. The van der Waals surface area contributed by atoms with Crippen LogP contribution in [0.3, 0.4) is 0 Å². The second-order valence-electron chi connectivity index (χ2n) is 5.00. The van der Waals surface area contributed by atoms with E-state index in [2.05, 4.69) is 43.1 Å². The molecule has 0 saturated carbocycles. The van der Waals surface area contributed by atoms with E-state index in [0.717, 1.165) is 16.6 Å². The zero-order chi connectivity index (χ0) is 13.4. The van der Waals surface area contributed by atoms with Crippen LogP contribution in [-0.4, -0.2) is 4.98 Å². The molecular weight excluding hydrogens is 238 g/mol. The van der Waals surface area contributed by atoms with E-state index in [1.54, 1.807) is 0 Å². The van der Waals surface area contributed by atoms with Gasteiger partial charge in [-0.3, -0.25) is 4.98 Å². The summed E-state index contributed by atoms with van der Waals surface area (Å²) in [6.45, 7) is 4.35. The standard InChI is InChI=1S/C16H15NO2/c1-10(2)11-3-5-12(6-4-11)13-7-8-14-15(9-13)19-16(18)17-14/h3-10H,1-2H3,(H,17,18). The molecule has 19 heavy (non-hydrogen) atoms. The first-order valence-corrected chi connectivity index (χ1v) is 6.37. The van der Waals surface area contributed by atoms with Crippen LogP contribution in [0.15, 0.2) is 51.7 Å². The molecule has 0 amide bonds. The Kier molecular flexibility index (Phi) is 2.75. The number of benzene rings is 2. The zero-order valence-electron chi connectivity index (χ0n) is 10.9. The van der Waals surface area contributed by atoms with Crippen molar-refractivity contribution in [3.05, 3.63) is 58.6 Å². The fourth-order valence-electron chi connectivity index (χ4n) is 2.19. The van der Waals surface area contributed by atoms with Crippen molar-refractivity contribution < 1.29 is 4.42 Å². The molecule has 0 bridgehead atoms. The molecule has 2 aromatic carbocycles. The van der Waals surface area contributed by atoms with Crippen LogP contribution in [0.4, 0.5) is 0 Å². The van der Waals surface area contributed by atoms with Crippen molar-refractivity contribution in [2.24, 2.45) is 0 Å². The first kappa shape index (κ1) is 11.8. The first-order valence-electron chi connectivity index (χ1n) is 6.37. The van der Waals surface area contributed by atoms with Gasteiger partial charge >= 0.3 is 5.76 Å². The summed E-state index contributed by atoms with van der Waals surface area (Å²) in [7, 11) is 0. The Morgan fingerprint density at radius 2 is 1.68 bits per heavy atom. The normalized spacial score (nSPS) is 11.3. The average molecular weight is 253 g/mol. The molecule has 0 unspecified atom stereocenters. The van der Waals surface area contributed by atoms with Gasteiger partial charge in [-0.25, -0.2) is 4.79 Å². The fourth-order valence-corrected chi connectivity index (χ4v) is 2.19. The lowest BCUT2D eigenvalue weighted by molar-refractivity contribution is 0.555. The van der Waals surface area contributed by atoms with Crippen LogP contribution in [0.2, 0.25) is 0 Å². The summed E-state index contributed by atoms with van der Waals surface area (Å²) in [6, 6.07) is 14.2. The van der Waals surface area contributed by atoms with Crippen molar-refractivity contribution in [1.29, 1.82) is 0 Å². The molecular formula is C16H15NO2. The second kappa shape index (κ2) is 4.43. The molecule has 0 spiro atoms. The maximum absolute atomic E-state index is 11.1. The third-order valence-corrected chi connectivity index (χ3v) is 3.33. The number of hydrogen-bond donors (Lipinski definition) is 1. The van der Waals surface area contributed by atoms with Gasteiger partial charge in [0.2, 0.25) is 0 Å². The van der Waals surface area contributed by atoms with E-state index in [4.69, 9.17) is 4.42 Å². The van der Waals surface area contributed by atoms with Gasteiger partial charge in [0.15, 0.2) is 5.58 Å². The molecule has 0 aliphatic rings. The zero-order valence-corrected chi connectivity index (χ0v) is 10.9. The highest BCUT2D eigenvalue weighted by Gasteiger charge is 2.05. The molecule has 0 atom stereocenters. The molecule has 0 saturated heterocycles. The molecule has 3 heteroatoms. The molecule has 96 valence electrons. The molecule has 0 radical (unpaired) electrons. The van der Waals surface area contributed by atoms with Crippen LogP contribution in [0.25, 0.3) is 22.2 Å². The van der Waals surface area contributed by atoms with E-state index >= 15 is 0 Å². The summed E-state index contributed by atoms with van der Waals surface area (Å²) in [5.41, 5.74) is 4.81. The van der Waals surface area contributed by atoms with Crippen molar-refractivity contribution in [1.82, 2.24) is 4.98 Å². The van der Waals surface area contributed by atoms with Crippen molar-refractivity contribution in [2.75, 3.05) is 0 Å². The average Bonchev–Trinajstić information content (AvgIpc) is 2.77. The summed E-state index contributed by atoms with van der Waals surface area (Å²) in [5, 5.41) is 0. The van der Waals surface area contributed by atoms with Gasteiger partial charge in [-0.1, -0.05) is 44.2 Å². The van der Waals surface area contributed by atoms with Crippen molar-refractivity contribution >= 4 is 11.1 Å². The lowest BCUT2D eigenvalue weighted by atomic mass is 9.99. The largest absolute Gasteiger partial charge is 0.417 e. The van der Waals surface area contributed by atoms with Crippen molar-refractivity contribution in [3.63, 3.8) is 0 Å². The van der Waals surface area contributed by atoms with Crippen molar-refractivity contribution in [3.8, 4) is 11.1 Å². The lowest BCUT2D eigenvalue weighted by Crippen LogP contribution is -1.92. The number of nitrogens with one attached hydrogen (secondary N) is 1. The Morgan fingerprint density at radius 3 is 2.37 bits per heavy atom. The minimum absolute atomic E-state index is 0.415. The summed E-state index contributed by atoms with van der Waals surface area (Å²) in [5.74, 6) is 0.113.